The summed E-state index contributed by atoms with van der Waals surface area (Å²) in [6.07, 6.45) is 9.83. The summed E-state index contributed by atoms with van der Waals surface area (Å²) in [5.41, 5.74) is 9.73. The van der Waals surface area contributed by atoms with Crippen molar-refractivity contribution in [3.8, 4) is 0 Å². The van der Waals surface area contributed by atoms with Gasteiger partial charge in [0.25, 0.3) is 0 Å². The van der Waals surface area contributed by atoms with E-state index < -0.39 is 0 Å². The molecule has 4 N–H and O–H groups in total. The lowest BCUT2D eigenvalue weighted by Gasteiger charge is -2.06. The van der Waals surface area contributed by atoms with E-state index in [-0.39, 0.29) is 0 Å². The molecule has 0 fully saturated rings. The first-order valence-corrected chi connectivity index (χ1v) is 8.38. The number of anilines is 2. The maximum absolute atomic E-state index is 6.26. The summed E-state index contributed by atoms with van der Waals surface area (Å²) in [6.45, 7) is 4.49. The smallest absolute Gasteiger partial charge is 0.112 e. The first-order chi connectivity index (χ1) is 10.8. The number of nitrogens with zero attached hydrogens (tertiary/aromatic N) is 1. The van der Waals surface area contributed by atoms with Crippen LogP contribution >= 0.6 is 11.3 Å². The monoisotopic (exact) mass is 316 g/mol. The zero-order chi connectivity index (χ0) is 15.8. The van der Waals surface area contributed by atoms with Crippen LogP contribution < -0.4 is 16.4 Å². The number of hydrogen-bond donors (Lipinski definition) is 3. The van der Waals surface area contributed by atoms with Gasteiger partial charge in [0, 0.05) is 30.9 Å². The van der Waals surface area contributed by atoms with Crippen LogP contribution in [0.25, 0.3) is 0 Å². The van der Waals surface area contributed by atoms with Crippen molar-refractivity contribution >= 4 is 22.0 Å². The molecule has 2 aromatic heterocycles. The molecule has 5 heteroatoms. The normalized spacial score (nSPS) is 10.4. The average molecular weight is 316 g/mol. The molecule has 0 aliphatic heterocycles. The molecule has 0 aliphatic rings. The number of pyridine rings is 1. The summed E-state index contributed by atoms with van der Waals surface area (Å²) in [7, 11) is 1.92. The SMILES string of the molecule is C=CNCc1sc(NC)c(N)c1CCCCc1cccnc1. The van der Waals surface area contributed by atoms with E-state index in [1.807, 2.05) is 25.5 Å². The Balaban J connectivity index is 1.93. The molecule has 0 bridgehead atoms. The van der Waals surface area contributed by atoms with Gasteiger partial charge in [0.1, 0.15) is 5.00 Å². The van der Waals surface area contributed by atoms with Gasteiger partial charge in [0.15, 0.2) is 0 Å². The van der Waals surface area contributed by atoms with Crippen molar-refractivity contribution in [2.75, 3.05) is 18.1 Å². The average Bonchev–Trinajstić information content (AvgIpc) is 2.86. The molecule has 118 valence electrons. The number of nitrogens with one attached hydrogen (secondary N) is 2. The van der Waals surface area contributed by atoms with E-state index >= 15 is 0 Å². The lowest BCUT2D eigenvalue weighted by Crippen LogP contribution is -2.05. The predicted octanol–water partition coefficient (Wildman–Crippen LogP) is 3.57. The molecule has 0 spiro atoms. The quantitative estimate of drug-likeness (QED) is 0.619. The van der Waals surface area contributed by atoms with Crippen molar-refractivity contribution < 1.29 is 0 Å². The number of thiophene rings is 1. The second-order valence-corrected chi connectivity index (χ2v) is 6.26. The van der Waals surface area contributed by atoms with Gasteiger partial charge >= 0.3 is 0 Å². The Labute approximate surface area is 136 Å². The van der Waals surface area contributed by atoms with Gasteiger partial charge in [0.05, 0.1) is 5.69 Å². The molecular formula is C17H24N4S. The molecular weight excluding hydrogens is 292 g/mol. The molecule has 2 rings (SSSR count). The van der Waals surface area contributed by atoms with Crippen molar-refractivity contribution in [3.63, 3.8) is 0 Å². The van der Waals surface area contributed by atoms with Crippen LogP contribution in [0.2, 0.25) is 0 Å². The highest BCUT2D eigenvalue weighted by Gasteiger charge is 2.14. The van der Waals surface area contributed by atoms with E-state index in [4.69, 9.17) is 5.73 Å². The predicted molar refractivity (Wildman–Crippen MR) is 96.2 cm³/mol. The zero-order valence-corrected chi connectivity index (χ0v) is 13.9. The van der Waals surface area contributed by atoms with Gasteiger partial charge in [0.2, 0.25) is 0 Å². The Morgan fingerprint density at radius 2 is 2.18 bits per heavy atom. The van der Waals surface area contributed by atoms with Gasteiger partial charge < -0.3 is 16.4 Å². The number of aromatic nitrogens is 1. The Kier molecular flexibility index (Phi) is 6.27. The third kappa shape index (κ3) is 4.24. The van der Waals surface area contributed by atoms with Crippen LogP contribution in [0.1, 0.15) is 28.8 Å². The van der Waals surface area contributed by atoms with Crippen molar-refractivity contribution in [2.45, 2.75) is 32.2 Å². The number of nitrogen functional groups attached to an aromatic ring is 1. The summed E-state index contributed by atoms with van der Waals surface area (Å²) >= 11 is 1.72. The molecule has 0 unspecified atom stereocenters. The molecule has 0 aromatic carbocycles. The minimum atomic E-state index is 0.790. The van der Waals surface area contributed by atoms with Crippen molar-refractivity contribution in [1.82, 2.24) is 10.3 Å². The third-order valence-electron chi connectivity index (χ3n) is 3.63. The molecule has 2 aromatic rings. The number of unbranched alkanes of at least 4 members (excludes halogenated alkanes) is 1. The standard InChI is InChI=1S/C17H24N4S/c1-3-20-12-15-14(16(18)17(19-2)22-15)9-5-4-7-13-8-6-10-21-11-13/h3,6,8,10-11,19-20H,1,4-5,7,9,12,18H2,2H3. The fourth-order valence-corrected chi connectivity index (χ4v) is 3.54. The van der Waals surface area contributed by atoms with Crippen LogP contribution in [0.5, 0.6) is 0 Å². The van der Waals surface area contributed by atoms with Crippen LogP contribution in [0.15, 0.2) is 37.3 Å². The lowest BCUT2D eigenvalue weighted by atomic mass is 10.0. The topological polar surface area (TPSA) is 63.0 Å². The second kappa shape index (κ2) is 8.44. The lowest BCUT2D eigenvalue weighted by molar-refractivity contribution is 0.728. The number of nitrogens with two attached hydrogens (primary N) is 1. The van der Waals surface area contributed by atoms with Gasteiger partial charge in [-0.15, -0.1) is 11.3 Å². The van der Waals surface area contributed by atoms with Gasteiger partial charge in [-0.2, -0.15) is 0 Å². The van der Waals surface area contributed by atoms with Crippen LogP contribution in [-0.2, 0) is 19.4 Å². The molecule has 0 atom stereocenters. The molecule has 0 aliphatic carbocycles. The van der Waals surface area contributed by atoms with Gasteiger partial charge in [-0.05, 0) is 49.1 Å². The highest BCUT2D eigenvalue weighted by molar-refractivity contribution is 7.17. The summed E-state index contributed by atoms with van der Waals surface area (Å²) in [5, 5.41) is 7.41. The van der Waals surface area contributed by atoms with Crippen LogP contribution in [0.4, 0.5) is 10.7 Å². The van der Waals surface area contributed by atoms with E-state index in [1.54, 1.807) is 17.5 Å². The van der Waals surface area contributed by atoms with Gasteiger partial charge in [-0.3, -0.25) is 4.98 Å². The third-order valence-corrected chi connectivity index (χ3v) is 4.90. The van der Waals surface area contributed by atoms with E-state index in [9.17, 15) is 0 Å². The molecule has 2 heterocycles. The zero-order valence-electron chi connectivity index (χ0n) is 13.1. The molecule has 0 saturated carbocycles. The summed E-state index contributed by atoms with van der Waals surface area (Å²) < 4.78 is 0. The first-order valence-electron chi connectivity index (χ1n) is 7.57. The molecule has 4 nitrogen and oxygen atoms in total. The van der Waals surface area contributed by atoms with Crippen molar-refractivity contribution in [3.05, 3.63) is 53.3 Å². The summed E-state index contributed by atoms with van der Waals surface area (Å²) in [6, 6.07) is 4.12. The highest BCUT2D eigenvalue weighted by Crippen LogP contribution is 2.36. The largest absolute Gasteiger partial charge is 0.396 e. The van der Waals surface area contributed by atoms with E-state index in [0.717, 1.165) is 42.9 Å². The van der Waals surface area contributed by atoms with Gasteiger partial charge in [-0.25, -0.2) is 0 Å². The summed E-state index contributed by atoms with van der Waals surface area (Å²) in [4.78, 5) is 5.45. The summed E-state index contributed by atoms with van der Waals surface area (Å²) in [5.74, 6) is 0. The molecule has 0 amide bonds. The second-order valence-electron chi connectivity index (χ2n) is 5.15. The fourth-order valence-electron chi connectivity index (χ4n) is 2.47. The van der Waals surface area contributed by atoms with E-state index in [0.29, 0.717) is 0 Å². The Morgan fingerprint density at radius 3 is 2.86 bits per heavy atom. The van der Waals surface area contributed by atoms with Crippen molar-refractivity contribution in [2.24, 2.45) is 0 Å². The maximum atomic E-state index is 6.26. The Morgan fingerprint density at radius 1 is 1.36 bits per heavy atom. The van der Waals surface area contributed by atoms with Crippen molar-refractivity contribution in [1.29, 1.82) is 0 Å². The molecule has 22 heavy (non-hydrogen) atoms. The fraction of sp³-hybridized carbons (Fsp3) is 0.353. The Hall–Kier alpha value is -2.01. The molecule has 0 saturated heterocycles. The Bertz CT molecular complexity index is 592. The van der Waals surface area contributed by atoms with Crippen LogP contribution in [0.3, 0.4) is 0 Å². The molecule has 0 radical (unpaired) electrons. The minimum Gasteiger partial charge on any atom is -0.396 e. The first kappa shape index (κ1) is 16.4. The van der Waals surface area contributed by atoms with Crippen LogP contribution in [-0.4, -0.2) is 12.0 Å². The maximum Gasteiger partial charge on any atom is 0.112 e. The highest BCUT2D eigenvalue weighted by atomic mass is 32.1. The minimum absolute atomic E-state index is 0.790. The van der Waals surface area contributed by atoms with Gasteiger partial charge in [-0.1, -0.05) is 12.6 Å². The number of rotatable bonds is 9. The van der Waals surface area contributed by atoms with E-state index in [2.05, 4.69) is 28.3 Å². The number of hydrogen-bond acceptors (Lipinski definition) is 5. The van der Waals surface area contributed by atoms with E-state index in [1.165, 1.54) is 16.0 Å². The van der Waals surface area contributed by atoms with Crippen LogP contribution in [0, 0.1) is 0 Å². The number of aryl methyl sites for hydroxylation is 1.